The zero-order valence-electron chi connectivity index (χ0n) is 11.7. The molecule has 2 aromatic rings. The van der Waals surface area contributed by atoms with E-state index in [1.54, 1.807) is 7.11 Å². The van der Waals surface area contributed by atoms with Crippen LogP contribution in [0.15, 0.2) is 48.5 Å². The van der Waals surface area contributed by atoms with Gasteiger partial charge in [-0.15, -0.1) is 0 Å². The average molecular weight is 286 g/mol. The van der Waals surface area contributed by atoms with Gasteiger partial charge in [0.25, 0.3) is 0 Å². The lowest BCUT2D eigenvalue weighted by atomic mass is 10.1. The van der Waals surface area contributed by atoms with Crippen LogP contribution >= 0.6 is 12.2 Å². The first-order valence-corrected chi connectivity index (χ1v) is 6.75. The van der Waals surface area contributed by atoms with Crippen LogP contribution in [0.1, 0.15) is 11.1 Å². The van der Waals surface area contributed by atoms with Gasteiger partial charge in [0.1, 0.15) is 10.7 Å². The number of nitrogens with zero attached hydrogens (tertiary/aromatic N) is 1. The number of hydrogen-bond acceptors (Lipinski definition) is 3. The monoisotopic (exact) mass is 286 g/mol. The first-order chi connectivity index (χ1) is 9.61. The summed E-state index contributed by atoms with van der Waals surface area (Å²) in [4.78, 5) is 2.57. The molecule has 0 fully saturated rings. The van der Waals surface area contributed by atoms with Crippen LogP contribution in [0.3, 0.4) is 0 Å². The molecule has 0 saturated carbocycles. The highest BCUT2D eigenvalue weighted by Gasteiger charge is 2.07. The summed E-state index contributed by atoms with van der Waals surface area (Å²) in [5.74, 6) is 0.870. The van der Waals surface area contributed by atoms with E-state index in [9.17, 15) is 0 Å². The van der Waals surface area contributed by atoms with Crippen molar-refractivity contribution in [3.63, 3.8) is 0 Å². The Balaban J connectivity index is 2.14. The van der Waals surface area contributed by atoms with E-state index in [-0.39, 0.29) is 0 Å². The van der Waals surface area contributed by atoms with Crippen LogP contribution in [0, 0.1) is 0 Å². The van der Waals surface area contributed by atoms with Crippen LogP contribution in [0.5, 0.6) is 5.75 Å². The molecule has 0 aliphatic rings. The Morgan fingerprint density at radius 2 is 1.80 bits per heavy atom. The molecule has 0 bridgehead atoms. The van der Waals surface area contributed by atoms with Gasteiger partial charge in [0.2, 0.25) is 0 Å². The summed E-state index contributed by atoms with van der Waals surface area (Å²) in [6.07, 6.45) is 0. The number of hydrogen-bond donors (Lipinski definition) is 1. The van der Waals surface area contributed by atoms with Gasteiger partial charge in [0.15, 0.2) is 0 Å². The molecule has 2 rings (SSSR count). The van der Waals surface area contributed by atoms with E-state index in [0.717, 1.165) is 23.5 Å². The Morgan fingerprint density at radius 1 is 1.15 bits per heavy atom. The predicted octanol–water partition coefficient (Wildman–Crippen LogP) is 2.97. The topological polar surface area (TPSA) is 38.5 Å². The molecule has 3 nitrogen and oxygen atoms in total. The molecule has 0 atom stereocenters. The Morgan fingerprint density at radius 3 is 2.40 bits per heavy atom. The minimum atomic E-state index is 0.426. The molecule has 0 amide bonds. The van der Waals surface area contributed by atoms with Gasteiger partial charge in [-0.3, -0.25) is 0 Å². The van der Waals surface area contributed by atoms with Crippen molar-refractivity contribution in [1.29, 1.82) is 0 Å². The SMILES string of the molecule is COc1ccccc1N(C)Cc1ccc(C(N)=S)cc1. The summed E-state index contributed by atoms with van der Waals surface area (Å²) in [6, 6.07) is 16.0. The molecule has 0 aromatic heterocycles. The van der Waals surface area contributed by atoms with Gasteiger partial charge in [0, 0.05) is 19.2 Å². The van der Waals surface area contributed by atoms with Crippen LogP contribution in [0.25, 0.3) is 0 Å². The lowest BCUT2D eigenvalue weighted by molar-refractivity contribution is 0.415. The fourth-order valence-corrected chi connectivity index (χ4v) is 2.21. The molecule has 0 heterocycles. The molecule has 4 heteroatoms. The number of nitrogens with two attached hydrogens (primary N) is 1. The van der Waals surface area contributed by atoms with Crippen molar-refractivity contribution < 1.29 is 4.74 Å². The van der Waals surface area contributed by atoms with Crippen molar-refractivity contribution in [3.05, 3.63) is 59.7 Å². The van der Waals surface area contributed by atoms with Gasteiger partial charge in [-0.1, -0.05) is 48.6 Å². The van der Waals surface area contributed by atoms with Crippen molar-refractivity contribution in [2.45, 2.75) is 6.54 Å². The Labute approximate surface area is 125 Å². The molecule has 0 unspecified atom stereocenters. The maximum absolute atomic E-state index is 5.60. The Bertz CT molecular complexity index is 596. The molecule has 2 N–H and O–H groups in total. The van der Waals surface area contributed by atoms with Crippen molar-refractivity contribution >= 4 is 22.9 Å². The molecule has 0 radical (unpaired) electrons. The molecule has 104 valence electrons. The van der Waals surface area contributed by atoms with Crippen molar-refractivity contribution in [2.75, 3.05) is 19.1 Å². The lowest BCUT2D eigenvalue weighted by Gasteiger charge is -2.21. The second kappa shape index (κ2) is 6.39. The Kier molecular flexibility index (Phi) is 4.58. The lowest BCUT2D eigenvalue weighted by Crippen LogP contribution is -2.17. The number of para-hydroxylation sites is 2. The van der Waals surface area contributed by atoms with Crippen molar-refractivity contribution in [1.82, 2.24) is 0 Å². The largest absolute Gasteiger partial charge is 0.495 e. The third kappa shape index (κ3) is 3.27. The highest BCUT2D eigenvalue weighted by atomic mass is 32.1. The highest BCUT2D eigenvalue weighted by Crippen LogP contribution is 2.27. The number of methoxy groups -OCH3 is 1. The molecular formula is C16H18N2OS. The normalized spacial score (nSPS) is 10.1. The molecular weight excluding hydrogens is 268 g/mol. The summed E-state index contributed by atoms with van der Waals surface area (Å²) in [6.45, 7) is 0.790. The van der Waals surface area contributed by atoms with Crippen LogP contribution in [0.2, 0.25) is 0 Å². The minimum absolute atomic E-state index is 0.426. The molecule has 0 spiro atoms. The second-order valence-corrected chi connectivity index (χ2v) is 5.03. The predicted molar refractivity (Wildman–Crippen MR) is 87.4 cm³/mol. The zero-order chi connectivity index (χ0) is 14.5. The van der Waals surface area contributed by atoms with Crippen LogP contribution in [-0.2, 0) is 6.54 Å². The molecule has 0 saturated heterocycles. The van der Waals surface area contributed by atoms with E-state index in [4.69, 9.17) is 22.7 Å². The van der Waals surface area contributed by atoms with Crippen molar-refractivity contribution in [3.8, 4) is 5.75 Å². The number of benzene rings is 2. The second-order valence-electron chi connectivity index (χ2n) is 4.59. The standard InChI is InChI=1S/C16H18N2OS/c1-18(14-5-3-4-6-15(14)19-2)11-12-7-9-13(10-8-12)16(17)20/h3-10H,11H2,1-2H3,(H2,17,20). The van der Waals surface area contributed by atoms with Gasteiger partial charge < -0.3 is 15.4 Å². The van der Waals surface area contributed by atoms with Gasteiger partial charge in [-0.25, -0.2) is 0 Å². The quantitative estimate of drug-likeness (QED) is 0.858. The third-order valence-electron chi connectivity index (χ3n) is 3.15. The minimum Gasteiger partial charge on any atom is -0.495 e. The smallest absolute Gasteiger partial charge is 0.142 e. The van der Waals surface area contributed by atoms with Gasteiger partial charge in [-0.05, 0) is 17.7 Å². The van der Waals surface area contributed by atoms with Crippen LogP contribution in [-0.4, -0.2) is 19.1 Å². The van der Waals surface area contributed by atoms with E-state index in [2.05, 4.69) is 4.90 Å². The van der Waals surface area contributed by atoms with Gasteiger partial charge in [0.05, 0.1) is 12.8 Å². The number of ether oxygens (including phenoxy) is 1. The maximum atomic E-state index is 5.60. The highest BCUT2D eigenvalue weighted by molar-refractivity contribution is 7.80. The first kappa shape index (κ1) is 14.3. The molecule has 0 aliphatic carbocycles. The van der Waals surface area contributed by atoms with Gasteiger partial charge in [-0.2, -0.15) is 0 Å². The number of rotatable bonds is 5. The zero-order valence-corrected chi connectivity index (χ0v) is 12.5. The number of anilines is 1. The van der Waals surface area contributed by atoms with E-state index < -0.39 is 0 Å². The van der Waals surface area contributed by atoms with E-state index in [0.29, 0.717) is 4.99 Å². The van der Waals surface area contributed by atoms with E-state index in [1.165, 1.54) is 5.56 Å². The summed E-state index contributed by atoms with van der Waals surface area (Å²) in [5, 5.41) is 0. The maximum Gasteiger partial charge on any atom is 0.142 e. The summed E-state index contributed by atoms with van der Waals surface area (Å²) < 4.78 is 5.38. The molecule has 20 heavy (non-hydrogen) atoms. The molecule has 2 aromatic carbocycles. The van der Waals surface area contributed by atoms with E-state index >= 15 is 0 Å². The fourth-order valence-electron chi connectivity index (χ4n) is 2.08. The number of thiocarbonyl (C=S) groups is 1. The van der Waals surface area contributed by atoms with Crippen LogP contribution < -0.4 is 15.4 Å². The average Bonchev–Trinajstić information content (AvgIpc) is 2.47. The summed E-state index contributed by atoms with van der Waals surface area (Å²) in [7, 11) is 3.73. The Hall–Kier alpha value is -2.07. The summed E-state index contributed by atoms with van der Waals surface area (Å²) >= 11 is 4.95. The molecule has 0 aliphatic heterocycles. The van der Waals surface area contributed by atoms with Crippen LogP contribution in [0.4, 0.5) is 5.69 Å². The van der Waals surface area contributed by atoms with E-state index in [1.807, 2.05) is 55.6 Å². The summed E-state index contributed by atoms with van der Waals surface area (Å²) in [5.41, 5.74) is 8.75. The first-order valence-electron chi connectivity index (χ1n) is 6.34. The van der Waals surface area contributed by atoms with Gasteiger partial charge >= 0.3 is 0 Å². The van der Waals surface area contributed by atoms with Crippen molar-refractivity contribution in [2.24, 2.45) is 5.73 Å². The fraction of sp³-hybridized carbons (Fsp3) is 0.188. The third-order valence-corrected chi connectivity index (χ3v) is 3.39.